The summed E-state index contributed by atoms with van der Waals surface area (Å²) in [4.78, 5) is 9.31. The van der Waals surface area contributed by atoms with Gasteiger partial charge in [-0.2, -0.15) is 35.9 Å². The Morgan fingerprint density at radius 1 is 0.520 bits per heavy atom. The predicted molar refractivity (Wildman–Crippen MR) is 208 cm³/mol. The van der Waals surface area contributed by atoms with Crippen LogP contribution in [-0.2, 0) is 33.2 Å². The van der Waals surface area contributed by atoms with Crippen molar-refractivity contribution in [2.24, 2.45) is 0 Å². The van der Waals surface area contributed by atoms with Gasteiger partial charge in [-0.05, 0) is 49.6 Å². The molecule has 50 heavy (non-hydrogen) atoms. The first kappa shape index (κ1) is 35.1. The van der Waals surface area contributed by atoms with Crippen LogP contribution in [0.25, 0.3) is 66.1 Å². The second-order valence-electron chi connectivity index (χ2n) is 14.8. The van der Waals surface area contributed by atoms with Crippen molar-refractivity contribution < 1.29 is 22.4 Å². The minimum absolute atomic E-state index is 0. The Morgan fingerprint density at radius 3 is 1.68 bits per heavy atom. The van der Waals surface area contributed by atoms with Crippen LogP contribution >= 0.6 is 0 Å². The van der Waals surface area contributed by atoms with Gasteiger partial charge in [0.25, 0.3) is 0 Å². The molecule has 6 aromatic carbocycles. The number of fused-ring (bicyclic) bond motifs is 4. The van der Waals surface area contributed by atoms with E-state index in [1.807, 2.05) is 18.3 Å². The number of rotatable bonds is 3. The molecule has 2 aromatic heterocycles. The molecule has 2 heterocycles. The molecule has 0 atom stereocenters. The molecule has 0 radical (unpaired) electrons. The first-order valence-corrected chi connectivity index (χ1v) is 17.0. The first-order valence-electron chi connectivity index (χ1n) is 17.0. The number of pyridine rings is 1. The van der Waals surface area contributed by atoms with E-state index in [4.69, 9.17) is 4.98 Å². The predicted octanol–water partition coefficient (Wildman–Crippen LogP) is 12.4. The number of hydrogen-bond donors (Lipinski definition) is 0. The molecule has 0 spiro atoms. The third kappa shape index (κ3) is 7.39. The van der Waals surface area contributed by atoms with E-state index in [9.17, 15) is 0 Å². The van der Waals surface area contributed by atoms with Crippen molar-refractivity contribution >= 4 is 32.6 Å². The van der Waals surface area contributed by atoms with Gasteiger partial charge in [-0.25, -0.2) is 5.56 Å². The molecular formula is C47H41AuN2. The fourth-order valence-electron chi connectivity index (χ4n) is 6.29. The number of hydrogen-bond acceptors (Lipinski definition) is 1. The summed E-state index contributed by atoms with van der Waals surface area (Å²) in [5.74, 6) is 0. The molecule has 2 nitrogen and oxygen atoms in total. The first-order chi connectivity index (χ1) is 23.5. The normalized spacial score (nSPS) is 11.6. The fourth-order valence-corrected chi connectivity index (χ4v) is 6.29. The maximum atomic E-state index is 4.80. The van der Waals surface area contributed by atoms with Gasteiger partial charge in [0.15, 0.2) is 0 Å². The van der Waals surface area contributed by atoms with Crippen molar-refractivity contribution in [3.8, 4) is 33.5 Å². The minimum atomic E-state index is 0. The molecule has 8 aromatic rings. The van der Waals surface area contributed by atoms with Gasteiger partial charge in [0.05, 0.1) is 0 Å². The smallest absolute Gasteiger partial charge is 0.657 e. The fraction of sp³-hybridized carbons (Fsp3) is 0.170. The Kier molecular flexibility index (Phi) is 10.0. The van der Waals surface area contributed by atoms with Gasteiger partial charge < -0.3 is 4.98 Å². The van der Waals surface area contributed by atoms with Crippen molar-refractivity contribution in [2.45, 2.75) is 52.4 Å². The SMILES string of the molecule is CC(C)(C)c1c[c-]c(-c2[c-]c(-c3nccc4ccccc34)cc(-c3ccc(C(C)(C)C)cc3)c2)cc1.[Au+3].c1ccc2c(c1)[n-]c1ccccc12. The van der Waals surface area contributed by atoms with E-state index >= 15 is 0 Å². The summed E-state index contributed by atoms with van der Waals surface area (Å²) < 4.78 is 0. The van der Waals surface area contributed by atoms with E-state index in [2.05, 4.69) is 180 Å². The van der Waals surface area contributed by atoms with Crippen molar-refractivity contribution in [3.63, 3.8) is 0 Å². The summed E-state index contributed by atoms with van der Waals surface area (Å²) in [5, 5.41) is 4.81. The van der Waals surface area contributed by atoms with E-state index in [1.165, 1.54) is 32.8 Å². The van der Waals surface area contributed by atoms with E-state index in [1.54, 1.807) is 0 Å². The molecule has 3 heteroatoms. The van der Waals surface area contributed by atoms with E-state index in [0.29, 0.717) is 0 Å². The van der Waals surface area contributed by atoms with Gasteiger partial charge in [-0.3, -0.25) is 4.98 Å². The van der Waals surface area contributed by atoms with Crippen LogP contribution in [0.4, 0.5) is 0 Å². The molecule has 0 saturated carbocycles. The van der Waals surface area contributed by atoms with Gasteiger partial charge in [0.1, 0.15) is 0 Å². The Morgan fingerprint density at radius 2 is 1.08 bits per heavy atom. The summed E-state index contributed by atoms with van der Waals surface area (Å²) >= 11 is 0. The van der Waals surface area contributed by atoms with E-state index in [-0.39, 0.29) is 33.2 Å². The van der Waals surface area contributed by atoms with Crippen LogP contribution in [0.2, 0.25) is 0 Å². The summed E-state index contributed by atoms with van der Waals surface area (Å²) in [6, 6.07) is 54.0. The molecule has 0 amide bonds. The molecule has 0 aliphatic rings. The maximum absolute atomic E-state index is 4.80. The summed E-state index contributed by atoms with van der Waals surface area (Å²) in [5.41, 5.74) is 11.3. The Balaban J connectivity index is 0.000000256. The molecular weight excluding hydrogens is 789 g/mol. The molecule has 0 aliphatic heterocycles. The molecule has 0 saturated heterocycles. The van der Waals surface area contributed by atoms with E-state index in [0.717, 1.165) is 44.4 Å². The molecule has 0 N–H and O–H groups in total. The molecule has 0 fully saturated rings. The van der Waals surface area contributed by atoms with Crippen molar-refractivity contribution in [3.05, 3.63) is 163 Å². The number of para-hydroxylation sites is 2. The number of benzene rings is 6. The summed E-state index contributed by atoms with van der Waals surface area (Å²) in [6.07, 6.45) is 1.89. The molecule has 8 rings (SSSR count). The zero-order valence-corrected chi connectivity index (χ0v) is 31.6. The van der Waals surface area contributed by atoms with Gasteiger partial charge in [-0.1, -0.05) is 144 Å². The van der Waals surface area contributed by atoms with Gasteiger partial charge >= 0.3 is 22.4 Å². The Hall–Kier alpha value is -4.73. The zero-order chi connectivity index (χ0) is 34.2. The van der Waals surface area contributed by atoms with Crippen LogP contribution in [0.15, 0.2) is 140 Å². The molecule has 0 unspecified atom stereocenters. The second-order valence-corrected chi connectivity index (χ2v) is 14.8. The summed E-state index contributed by atoms with van der Waals surface area (Å²) in [6.45, 7) is 13.4. The monoisotopic (exact) mass is 830 g/mol. The quantitative estimate of drug-likeness (QED) is 0.131. The number of aromatic nitrogens is 2. The van der Waals surface area contributed by atoms with Gasteiger partial charge in [-0.15, -0.1) is 34.3 Å². The minimum Gasteiger partial charge on any atom is -0.657 e. The van der Waals surface area contributed by atoms with Crippen LogP contribution in [0.3, 0.4) is 0 Å². The number of nitrogens with zero attached hydrogens (tertiary/aromatic N) is 2. The standard InChI is InChI=1S/C35H33N.C12H8N.Au/c1-34(2,3)30-15-11-24(12-16-30)27-21-28(25-13-17-31(18-14-25)35(4,5)6)23-29(22-27)33-32-10-8-7-9-26(32)19-20-36-33;1-3-7-11-9(5-1)10-6-2-4-8-12(10)13-11;/h7-13,15-22H,1-6H3;1-8H;/q-2;-1;+3. The van der Waals surface area contributed by atoms with Crippen LogP contribution in [0.5, 0.6) is 0 Å². The van der Waals surface area contributed by atoms with Crippen LogP contribution in [0, 0.1) is 12.1 Å². The average Bonchev–Trinajstić information content (AvgIpc) is 3.50. The second kappa shape index (κ2) is 14.2. The summed E-state index contributed by atoms with van der Waals surface area (Å²) in [7, 11) is 0. The Bertz CT molecular complexity index is 2250. The zero-order valence-electron chi connectivity index (χ0n) is 29.5. The third-order valence-electron chi connectivity index (χ3n) is 9.19. The van der Waals surface area contributed by atoms with Crippen LogP contribution in [0.1, 0.15) is 52.7 Å². The molecule has 0 bridgehead atoms. The topological polar surface area (TPSA) is 27.0 Å². The van der Waals surface area contributed by atoms with Crippen molar-refractivity contribution in [2.75, 3.05) is 0 Å². The average molecular weight is 831 g/mol. The maximum Gasteiger partial charge on any atom is 3.00 e. The van der Waals surface area contributed by atoms with Crippen molar-refractivity contribution in [1.29, 1.82) is 0 Å². The molecule has 250 valence electrons. The Labute approximate surface area is 312 Å². The van der Waals surface area contributed by atoms with E-state index < -0.39 is 0 Å². The largest absolute Gasteiger partial charge is 3.00 e. The third-order valence-corrected chi connectivity index (χ3v) is 9.19. The van der Waals surface area contributed by atoms with Gasteiger partial charge in [0, 0.05) is 11.9 Å². The molecule has 0 aliphatic carbocycles. The van der Waals surface area contributed by atoms with Crippen LogP contribution in [-0.4, -0.2) is 4.98 Å². The van der Waals surface area contributed by atoms with Crippen molar-refractivity contribution in [1.82, 2.24) is 9.97 Å². The van der Waals surface area contributed by atoms with Crippen LogP contribution < -0.4 is 4.98 Å². The van der Waals surface area contributed by atoms with Gasteiger partial charge in [0.2, 0.25) is 0 Å².